The monoisotopic (exact) mass is 320 g/mol. The second-order valence-corrected chi connectivity index (χ2v) is 5.61. The number of likely N-dealkylation sites (tertiary alicyclic amines) is 1. The van der Waals surface area contributed by atoms with E-state index in [1.54, 1.807) is 12.3 Å². The van der Waals surface area contributed by atoms with Gasteiger partial charge in [0.15, 0.2) is 5.58 Å². The largest absolute Gasteiger partial charge is 0.444 e. The van der Waals surface area contributed by atoms with Crippen LogP contribution in [-0.4, -0.2) is 36.1 Å². The lowest BCUT2D eigenvalue weighted by Gasteiger charge is -2.14. The van der Waals surface area contributed by atoms with Gasteiger partial charge in [-0.2, -0.15) is 5.26 Å². The topological polar surface area (TPSA) is 65.1 Å². The Kier molecular flexibility index (Phi) is 3.17. The van der Waals surface area contributed by atoms with Crippen molar-refractivity contribution in [1.82, 2.24) is 9.88 Å². The Labute approximate surface area is 119 Å². The molecule has 0 aromatic carbocycles. The molecule has 0 radical (unpaired) electrons. The first-order chi connectivity index (χ1) is 9.17. The Morgan fingerprint density at radius 3 is 3.16 bits per heavy atom. The molecular formula is C13H13BrN4O. The lowest BCUT2D eigenvalue weighted by atomic mass is 10.2. The van der Waals surface area contributed by atoms with E-state index in [9.17, 15) is 0 Å². The van der Waals surface area contributed by atoms with Gasteiger partial charge in [0.05, 0.1) is 10.7 Å². The SMILES string of the molecule is CN1CC[C@@H](Nc2ncc3oc(C#N)cc3c2Br)C1. The van der Waals surface area contributed by atoms with Crippen LogP contribution in [-0.2, 0) is 0 Å². The molecule has 0 spiro atoms. The fourth-order valence-electron chi connectivity index (χ4n) is 2.38. The Hall–Kier alpha value is -1.58. The van der Waals surface area contributed by atoms with E-state index < -0.39 is 0 Å². The van der Waals surface area contributed by atoms with E-state index in [-0.39, 0.29) is 0 Å². The molecule has 98 valence electrons. The number of hydrogen-bond donors (Lipinski definition) is 1. The summed E-state index contributed by atoms with van der Waals surface area (Å²) in [6, 6.07) is 4.14. The lowest BCUT2D eigenvalue weighted by Crippen LogP contribution is -2.24. The van der Waals surface area contributed by atoms with E-state index in [2.05, 4.69) is 38.2 Å². The van der Waals surface area contributed by atoms with Crippen LogP contribution in [0.4, 0.5) is 5.82 Å². The highest BCUT2D eigenvalue weighted by molar-refractivity contribution is 9.10. The molecule has 0 saturated carbocycles. The highest BCUT2D eigenvalue weighted by Crippen LogP contribution is 2.32. The summed E-state index contributed by atoms with van der Waals surface area (Å²) in [4.78, 5) is 6.65. The summed E-state index contributed by atoms with van der Waals surface area (Å²) in [6.45, 7) is 2.11. The van der Waals surface area contributed by atoms with Crippen molar-refractivity contribution < 1.29 is 4.42 Å². The predicted octanol–water partition coefficient (Wildman–Crippen LogP) is 2.58. The van der Waals surface area contributed by atoms with Gasteiger partial charge in [-0.15, -0.1) is 0 Å². The molecule has 2 aromatic rings. The van der Waals surface area contributed by atoms with E-state index in [0.717, 1.165) is 35.2 Å². The number of pyridine rings is 1. The molecule has 3 rings (SSSR count). The first-order valence-electron chi connectivity index (χ1n) is 6.10. The maximum absolute atomic E-state index is 8.86. The van der Waals surface area contributed by atoms with Gasteiger partial charge in [0.2, 0.25) is 5.76 Å². The van der Waals surface area contributed by atoms with Crippen LogP contribution in [0.5, 0.6) is 0 Å². The van der Waals surface area contributed by atoms with E-state index in [0.29, 0.717) is 17.4 Å². The number of nitriles is 1. The molecule has 1 saturated heterocycles. The molecule has 1 aliphatic rings. The molecule has 1 aliphatic heterocycles. The van der Waals surface area contributed by atoms with Crippen LogP contribution in [0.25, 0.3) is 11.0 Å². The Morgan fingerprint density at radius 1 is 1.63 bits per heavy atom. The number of halogens is 1. The zero-order valence-corrected chi connectivity index (χ0v) is 12.1. The maximum atomic E-state index is 8.86. The fourth-order valence-corrected chi connectivity index (χ4v) is 2.91. The smallest absolute Gasteiger partial charge is 0.204 e. The van der Waals surface area contributed by atoms with Crippen LogP contribution in [0.3, 0.4) is 0 Å². The second kappa shape index (κ2) is 4.83. The zero-order valence-electron chi connectivity index (χ0n) is 10.5. The van der Waals surface area contributed by atoms with Crippen molar-refractivity contribution in [3.63, 3.8) is 0 Å². The van der Waals surface area contributed by atoms with Crippen LogP contribution in [0.1, 0.15) is 12.2 Å². The summed E-state index contributed by atoms with van der Waals surface area (Å²) in [5.74, 6) is 1.10. The van der Waals surface area contributed by atoms with Crippen LogP contribution >= 0.6 is 15.9 Å². The van der Waals surface area contributed by atoms with E-state index in [4.69, 9.17) is 9.68 Å². The highest BCUT2D eigenvalue weighted by Gasteiger charge is 2.21. The molecule has 0 bridgehead atoms. The normalized spacial score (nSPS) is 19.7. The molecule has 1 fully saturated rings. The molecule has 19 heavy (non-hydrogen) atoms. The van der Waals surface area contributed by atoms with Gasteiger partial charge in [-0.1, -0.05) is 0 Å². The fraction of sp³-hybridized carbons (Fsp3) is 0.385. The molecule has 0 aliphatic carbocycles. The summed E-state index contributed by atoms with van der Waals surface area (Å²) < 4.78 is 6.20. The summed E-state index contributed by atoms with van der Waals surface area (Å²) in [7, 11) is 2.11. The minimum atomic E-state index is 0.301. The molecule has 3 heterocycles. The van der Waals surface area contributed by atoms with Gasteiger partial charge >= 0.3 is 0 Å². The van der Waals surface area contributed by atoms with Gasteiger partial charge < -0.3 is 14.6 Å². The van der Waals surface area contributed by atoms with Crippen molar-refractivity contribution in [1.29, 1.82) is 5.26 Å². The van der Waals surface area contributed by atoms with Gasteiger partial charge in [-0.3, -0.25) is 0 Å². The average Bonchev–Trinajstić information content (AvgIpc) is 2.99. The number of furan rings is 1. The Bertz CT molecular complexity index is 660. The lowest BCUT2D eigenvalue weighted by molar-refractivity contribution is 0.414. The summed E-state index contributed by atoms with van der Waals surface area (Å²) in [5.41, 5.74) is 0.623. The average molecular weight is 321 g/mol. The Morgan fingerprint density at radius 2 is 2.47 bits per heavy atom. The zero-order chi connectivity index (χ0) is 13.4. The molecule has 1 atom stereocenters. The van der Waals surface area contributed by atoms with E-state index >= 15 is 0 Å². The quantitative estimate of drug-likeness (QED) is 0.921. The molecule has 5 nitrogen and oxygen atoms in total. The van der Waals surface area contributed by atoms with Gasteiger partial charge in [-0.05, 0) is 35.9 Å². The number of aromatic nitrogens is 1. The molecular weight excluding hydrogens is 308 g/mol. The number of fused-ring (bicyclic) bond motifs is 1. The minimum absolute atomic E-state index is 0.301. The minimum Gasteiger partial charge on any atom is -0.444 e. The van der Waals surface area contributed by atoms with Crippen LogP contribution in [0.15, 0.2) is 21.2 Å². The van der Waals surface area contributed by atoms with Gasteiger partial charge in [0.25, 0.3) is 0 Å². The molecule has 0 amide bonds. The van der Waals surface area contributed by atoms with Crippen LogP contribution in [0, 0.1) is 11.3 Å². The van der Waals surface area contributed by atoms with E-state index in [1.807, 2.05) is 6.07 Å². The number of nitrogens with zero attached hydrogens (tertiary/aromatic N) is 3. The van der Waals surface area contributed by atoms with Crippen molar-refractivity contribution in [3.05, 3.63) is 22.5 Å². The number of anilines is 1. The highest BCUT2D eigenvalue weighted by atomic mass is 79.9. The second-order valence-electron chi connectivity index (χ2n) is 4.81. The van der Waals surface area contributed by atoms with Crippen molar-refractivity contribution >= 4 is 32.7 Å². The predicted molar refractivity (Wildman–Crippen MR) is 75.9 cm³/mol. The summed E-state index contributed by atoms with van der Waals surface area (Å²) in [5, 5.41) is 13.2. The Balaban J connectivity index is 1.92. The van der Waals surface area contributed by atoms with E-state index in [1.165, 1.54) is 0 Å². The first kappa shape index (κ1) is 12.5. The van der Waals surface area contributed by atoms with Crippen LogP contribution in [0.2, 0.25) is 0 Å². The van der Waals surface area contributed by atoms with Gasteiger partial charge in [0.1, 0.15) is 11.9 Å². The van der Waals surface area contributed by atoms with Crippen molar-refractivity contribution in [3.8, 4) is 6.07 Å². The third kappa shape index (κ3) is 2.31. The summed E-state index contributed by atoms with van der Waals surface area (Å²) in [6.07, 6.45) is 2.76. The molecule has 6 heteroatoms. The number of likely N-dealkylation sites (N-methyl/N-ethyl adjacent to an activating group) is 1. The van der Waals surface area contributed by atoms with Crippen molar-refractivity contribution in [2.75, 3.05) is 25.5 Å². The van der Waals surface area contributed by atoms with Gasteiger partial charge in [0, 0.05) is 24.0 Å². The third-order valence-corrected chi connectivity index (χ3v) is 4.16. The number of nitrogens with one attached hydrogen (secondary N) is 1. The summed E-state index contributed by atoms with van der Waals surface area (Å²) >= 11 is 3.54. The first-order valence-corrected chi connectivity index (χ1v) is 6.90. The standard InChI is InChI=1S/C13H13BrN4O/c1-18-3-2-8(7-18)17-13-12(14)10-4-9(5-15)19-11(10)6-16-13/h4,6,8H,2-3,7H2,1H3,(H,16,17)/t8-/m1/s1. The van der Waals surface area contributed by atoms with Crippen molar-refractivity contribution in [2.24, 2.45) is 0 Å². The number of hydrogen-bond acceptors (Lipinski definition) is 5. The molecule has 1 N–H and O–H groups in total. The van der Waals surface area contributed by atoms with Crippen LogP contribution < -0.4 is 5.32 Å². The van der Waals surface area contributed by atoms with Gasteiger partial charge in [-0.25, -0.2) is 4.98 Å². The molecule has 0 unspecified atom stereocenters. The maximum Gasteiger partial charge on any atom is 0.204 e. The molecule has 2 aromatic heterocycles. The third-order valence-electron chi connectivity index (χ3n) is 3.36. The van der Waals surface area contributed by atoms with Crippen molar-refractivity contribution in [2.45, 2.75) is 12.5 Å². The number of rotatable bonds is 2.